The molecule has 0 radical (unpaired) electrons. The number of hydrogen-bond acceptors (Lipinski definition) is 8. The second kappa shape index (κ2) is 8.85. The van der Waals surface area contributed by atoms with Crippen LogP contribution in [-0.4, -0.2) is 40.0 Å². The predicted octanol–water partition coefficient (Wildman–Crippen LogP) is 3.10. The lowest BCUT2D eigenvalue weighted by Gasteiger charge is -2.35. The van der Waals surface area contributed by atoms with E-state index in [4.69, 9.17) is 0 Å². The van der Waals surface area contributed by atoms with Crippen LogP contribution in [0.3, 0.4) is 0 Å². The van der Waals surface area contributed by atoms with E-state index in [1.165, 1.54) is 37.3 Å². The molecule has 0 spiro atoms. The van der Waals surface area contributed by atoms with Gasteiger partial charge in [-0.3, -0.25) is 14.4 Å². The highest BCUT2D eigenvalue weighted by atomic mass is 19.1. The Bertz CT molecular complexity index is 1310. The van der Waals surface area contributed by atoms with Crippen LogP contribution in [0.2, 0.25) is 0 Å². The summed E-state index contributed by atoms with van der Waals surface area (Å²) >= 11 is 0. The average Bonchev–Trinajstić information content (AvgIpc) is 3.25. The molecule has 1 atom stereocenters. The lowest BCUT2D eigenvalue weighted by atomic mass is 9.78. The summed E-state index contributed by atoms with van der Waals surface area (Å²) in [5, 5.41) is 16.5. The van der Waals surface area contributed by atoms with Crippen LogP contribution in [0.5, 0.6) is 5.75 Å². The van der Waals surface area contributed by atoms with Crippen molar-refractivity contribution in [3.63, 3.8) is 0 Å². The summed E-state index contributed by atoms with van der Waals surface area (Å²) in [5.74, 6) is -1.59. The molecule has 1 fully saturated rings. The minimum atomic E-state index is -0.762. The van der Waals surface area contributed by atoms with Crippen LogP contribution in [0.25, 0.3) is 0 Å². The van der Waals surface area contributed by atoms with Crippen molar-refractivity contribution in [2.75, 3.05) is 24.7 Å². The Morgan fingerprint density at radius 2 is 1.82 bits per heavy atom. The molecule has 0 bridgehead atoms. The molecule has 1 aliphatic rings. The molecule has 10 heteroatoms. The third kappa shape index (κ3) is 4.11. The molecule has 1 saturated carbocycles. The Morgan fingerprint density at radius 3 is 2.47 bits per heavy atom. The van der Waals surface area contributed by atoms with Gasteiger partial charge in [0.15, 0.2) is 11.4 Å². The van der Waals surface area contributed by atoms with Crippen molar-refractivity contribution < 1.29 is 14.3 Å². The maximum absolute atomic E-state index is 13.9. The predicted molar refractivity (Wildman–Crippen MR) is 126 cm³/mol. The molecule has 4 rings (SSSR count). The van der Waals surface area contributed by atoms with E-state index < -0.39 is 34.5 Å². The number of nitrogens with one attached hydrogen (secondary N) is 2. The lowest BCUT2D eigenvalue weighted by molar-refractivity contribution is 0.0819. The zero-order chi connectivity index (χ0) is 24.6. The molecule has 2 heterocycles. The van der Waals surface area contributed by atoms with Gasteiger partial charge in [-0.05, 0) is 36.5 Å². The van der Waals surface area contributed by atoms with Crippen molar-refractivity contribution in [2.45, 2.75) is 38.6 Å². The molecule has 178 valence electrons. The molecular formula is C24H26FN5O4. The lowest BCUT2D eigenvalue weighted by Crippen LogP contribution is -2.40. The molecule has 0 saturated heterocycles. The Labute approximate surface area is 195 Å². The molecule has 3 aromatic rings. The van der Waals surface area contributed by atoms with E-state index in [2.05, 4.69) is 27.5 Å². The molecule has 9 nitrogen and oxygen atoms in total. The highest BCUT2D eigenvalue weighted by molar-refractivity contribution is 5.97. The summed E-state index contributed by atoms with van der Waals surface area (Å²) in [6, 6.07) is 5.39. The zero-order valence-electron chi connectivity index (χ0n) is 19.2. The molecule has 3 N–H and O–H groups in total. The number of carbonyl (C=O) groups is 1. The topological polar surface area (TPSA) is 125 Å². The summed E-state index contributed by atoms with van der Waals surface area (Å²) in [7, 11) is 3.04. The SMILES string of the molecule is CN(C)C(=O)c1nccc(Nc2c(N[C@@H](c3cccc(F)n3)C3(C)CCCC3)c(=O)c2=O)c1O. The van der Waals surface area contributed by atoms with Gasteiger partial charge in [0, 0.05) is 20.3 Å². The Kier molecular flexibility index (Phi) is 6.07. The smallest absolute Gasteiger partial charge is 0.275 e. The van der Waals surface area contributed by atoms with Gasteiger partial charge in [-0.1, -0.05) is 25.8 Å². The maximum Gasteiger partial charge on any atom is 0.275 e. The minimum Gasteiger partial charge on any atom is -0.504 e. The minimum absolute atomic E-state index is 0.0332. The normalized spacial score (nSPS) is 15.8. The summed E-state index contributed by atoms with van der Waals surface area (Å²) in [5.41, 5.74) is -1.49. The molecule has 34 heavy (non-hydrogen) atoms. The number of aromatic hydroxyl groups is 1. The van der Waals surface area contributed by atoms with Crippen LogP contribution in [0.15, 0.2) is 40.1 Å². The maximum atomic E-state index is 13.9. The molecule has 0 unspecified atom stereocenters. The molecule has 2 aromatic heterocycles. The zero-order valence-corrected chi connectivity index (χ0v) is 19.2. The second-order valence-corrected chi connectivity index (χ2v) is 9.11. The van der Waals surface area contributed by atoms with E-state index in [1.54, 1.807) is 12.1 Å². The van der Waals surface area contributed by atoms with Gasteiger partial charge >= 0.3 is 0 Å². The van der Waals surface area contributed by atoms with Crippen molar-refractivity contribution in [2.24, 2.45) is 5.41 Å². The average molecular weight is 468 g/mol. The molecule has 1 amide bonds. The second-order valence-electron chi connectivity index (χ2n) is 9.11. The van der Waals surface area contributed by atoms with Gasteiger partial charge in [-0.15, -0.1) is 0 Å². The number of pyridine rings is 2. The van der Waals surface area contributed by atoms with E-state index in [0.717, 1.165) is 25.7 Å². The third-order valence-electron chi connectivity index (χ3n) is 6.47. The first-order valence-electron chi connectivity index (χ1n) is 11.0. The van der Waals surface area contributed by atoms with Crippen LogP contribution < -0.4 is 21.5 Å². The Morgan fingerprint density at radius 1 is 1.15 bits per heavy atom. The summed E-state index contributed by atoms with van der Waals surface area (Å²) in [4.78, 5) is 46.4. The number of hydrogen-bond donors (Lipinski definition) is 3. The van der Waals surface area contributed by atoms with Gasteiger partial charge in [0.25, 0.3) is 16.8 Å². The molecular weight excluding hydrogens is 441 g/mol. The summed E-state index contributed by atoms with van der Waals surface area (Å²) < 4.78 is 13.9. The first kappa shape index (κ1) is 23.3. The third-order valence-corrected chi connectivity index (χ3v) is 6.47. The van der Waals surface area contributed by atoms with Gasteiger partial charge in [0.05, 0.1) is 17.4 Å². The number of anilines is 3. The van der Waals surface area contributed by atoms with Crippen LogP contribution in [-0.2, 0) is 0 Å². The van der Waals surface area contributed by atoms with E-state index in [1.807, 2.05) is 0 Å². The Balaban J connectivity index is 1.69. The molecule has 1 aliphatic carbocycles. The van der Waals surface area contributed by atoms with Crippen molar-refractivity contribution in [3.05, 3.63) is 68.2 Å². The van der Waals surface area contributed by atoms with Crippen molar-refractivity contribution >= 4 is 23.0 Å². The van der Waals surface area contributed by atoms with Crippen molar-refractivity contribution in [3.8, 4) is 5.75 Å². The highest BCUT2D eigenvalue weighted by Crippen LogP contribution is 2.48. The van der Waals surface area contributed by atoms with Gasteiger partial charge in [0.2, 0.25) is 5.95 Å². The Hall–Kier alpha value is -3.82. The fraction of sp³-hybridized carbons (Fsp3) is 0.375. The van der Waals surface area contributed by atoms with Crippen molar-refractivity contribution in [1.29, 1.82) is 0 Å². The van der Waals surface area contributed by atoms with Gasteiger partial charge in [-0.2, -0.15) is 4.39 Å². The van der Waals surface area contributed by atoms with E-state index in [9.17, 15) is 23.9 Å². The van der Waals surface area contributed by atoms with Gasteiger partial charge in [0.1, 0.15) is 11.4 Å². The van der Waals surface area contributed by atoms with E-state index in [-0.39, 0.29) is 28.2 Å². The molecule has 0 aliphatic heterocycles. The van der Waals surface area contributed by atoms with Crippen LogP contribution in [0, 0.1) is 11.4 Å². The summed E-state index contributed by atoms with van der Waals surface area (Å²) in [6.45, 7) is 2.05. The standard InChI is InChI=1S/C24H26FN5O4/c1-24(10-4-5-11-24)22(14-7-6-8-15(25)27-14)29-17-16(20(32)21(17)33)28-13-9-12-26-18(19(13)31)23(34)30(2)3/h6-9,12,22,29,31H,4-5,10-11H2,1-3H3,(H,26,28)/t22-/m0/s1. The number of halogens is 1. The van der Waals surface area contributed by atoms with Gasteiger partial charge < -0.3 is 20.6 Å². The largest absolute Gasteiger partial charge is 0.504 e. The number of amides is 1. The van der Waals surface area contributed by atoms with Crippen LogP contribution >= 0.6 is 0 Å². The van der Waals surface area contributed by atoms with Crippen LogP contribution in [0.4, 0.5) is 21.5 Å². The van der Waals surface area contributed by atoms with Crippen LogP contribution in [0.1, 0.15) is 54.8 Å². The first-order chi connectivity index (χ1) is 16.1. The highest BCUT2D eigenvalue weighted by Gasteiger charge is 2.40. The monoisotopic (exact) mass is 467 g/mol. The van der Waals surface area contributed by atoms with Gasteiger partial charge in [-0.25, -0.2) is 9.97 Å². The first-order valence-corrected chi connectivity index (χ1v) is 11.0. The molecule has 1 aromatic carbocycles. The van der Waals surface area contributed by atoms with E-state index >= 15 is 0 Å². The number of nitrogens with zero attached hydrogens (tertiary/aromatic N) is 3. The summed E-state index contributed by atoms with van der Waals surface area (Å²) in [6.07, 6.45) is 5.00. The number of carbonyl (C=O) groups excluding carboxylic acids is 1. The fourth-order valence-electron chi connectivity index (χ4n) is 4.51. The van der Waals surface area contributed by atoms with Crippen molar-refractivity contribution in [1.82, 2.24) is 14.9 Å². The fourth-order valence-corrected chi connectivity index (χ4v) is 4.51. The quantitative estimate of drug-likeness (QED) is 0.358. The number of rotatable bonds is 7. The number of aromatic nitrogens is 2. The van der Waals surface area contributed by atoms with E-state index in [0.29, 0.717) is 5.69 Å².